The number of nitrogens with zero attached hydrogens (tertiary/aromatic N) is 4. The number of aromatic nitrogens is 4. The van der Waals surface area contributed by atoms with Crippen molar-refractivity contribution < 1.29 is 8.42 Å². The van der Waals surface area contributed by atoms with Gasteiger partial charge in [-0.3, -0.25) is 4.98 Å². The average molecular weight is 400 g/mol. The molecule has 0 aliphatic rings. The van der Waals surface area contributed by atoms with Crippen LogP contribution in [0.4, 0.5) is 5.82 Å². The van der Waals surface area contributed by atoms with Crippen LogP contribution in [-0.2, 0) is 9.84 Å². The molecule has 0 saturated carbocycles. The van der Waals surface area contributed by atoms with E-state index >= 15 is 0 Å². The van der Waals surface area contributed by atoms with Crippen LogP contribution < -0.4 is 5.32 Å². The van der Waals surface area contributed by atoms with Crippen molar-refractivity contribution in [2.24, 2.45) is 0 Å². The Balaban J connectivity index is 2.04. The first-order valence-corrected chi connectivity index (χ1v) is 9.86. The minimum atomic E-state index is -3.86. The standard InChI is InChI=1S/C18H14ClN5O2S/c1-20-17-16(27(25,26)13-7-3-2-4-8-13)18-22-14(10-15(19)24(18)23-17)12-6-5-9-21-11-12/h2-11H,1H3,(H,20,23). The molecule has 0 amide bonds. The lowest BCUT2D eigenvalue weighted by atomic mass is 10.2. The quantitative estimate of drug-likeness (QED) is 0.529. The zero-order valence-electron chi connectivity index (χ0n) is 14.2. The minimum Gasteiger partial charge on any atom is -0.370 e. The summed E-state index contributed by atoms with van der Waals surface area (Å²) >= 11 is 6.37. The molecule has 0 fully saturated rings. The maximum absolute atomic E-state index is 13.3. The molecule has 27 heavy (non-hydrogen) atoms. The third-order valence-electron chi connectivity index (χ3n) is 4.02. The molecule has 0 aliphatic carbocycles. The highest BCUT2D eigenvalue weighted by Gasteiger charge is 2.29. The van der Waals surface area contributed by atoms with Crippen molar-refractivity contribution in [3.05, 3.63) is 66.1 Å². The number of hydrogen-bond acceptors (Lipinski definition) is 6. The summed E-state index contributed by atoms with van der Waals surface area (Å²) in [5.74, 6) is 0.177. The van der Waals surface area contributed by atoms with Gasteiger partial charge in [0.25, 0.3) is 0 Å². The van der Waals surface area contributed by atoms with Crippen LogP contribution in [0.2, 0.25) is 5.15 Å². The normalized spacial score (nSPS) is 11.6. The highest BCUT2D eigenvalue weighted by Crippen LogP contribution is 2.33. The molecule has 0 spiro atoms. The molecule has 4 rings (SSSR count). The Labute approximate surface area is 160 Å². The minimum absolute atomic E-state index is 0.0242. The number of nitrogens with one attached hydrogen (secondary N) is 1. The first kappa shape index (κ1) is 17.4. The van der Waals surface area contributed by atoms with E-state index < -0.39 is 9.84 Å². The fraction of sp³-hybridized carbons (Fsp3) is 0.0556. The SMILES string of the molecule is CNc1nn2c(Cl)cc(-c3cccnc3)nc2c1S(=O)(=O)c1ccccc1. The van der Waals surface area contributed by atoms with Gasteiger partial charge in [0.1, 0.15) is 5.15 Å². The zero-order chi connectivity index (χ0) is 19.0. The van der Waals surface area contributed by atoms with Crippen LogP contribution in [0.5, 0.6) is 0 Å². The lowest BCUT2D eigenvalue weighted by Gasteiger charge is -2.06. The van der Waals surface area contributed by atoms with E-state index in [1.54, 1.807) is 49.8 Å². The number of benzene rings is 1. The van der Waals surface area contributed by atoms with Crippen LogP contribution in [0, 0.1) is 0 Å². The second-order valence-corrected chi connectivity index (χ2v) is 7.96. The number of anilines is 1. The summed E-state index contributed by atoms with van der Waals surface area (Å²) in [6.45, 7) is 0. The van der Waals surface area contributed by atoms with Gasteiger partial charge in [-0.15, -0.1) is 5.10 Å². The molecule has 3 aromatic heterocycles. The fourth-order valence-electron chi connectivity index (χ4n) is 2.75. The number of rotatable bonds is 4. The van der Waals surface area contributed by atoms with Crippen LogP contribution in [0.15, 0.2) is 70.7 Å². The summed E-state index contributed by atoms with van der Waals surface area (Å²) in [6, 6.07) is 13.4. The molecule has 0 aliphatic heterocycles. The van der Waals surface area contributed by atoms with Crippen molar-refractivity contribution in [2.45, 2.75) is 9.79 Å². The predicted octanol–water partition coefficient (Wildman–Crippen LogP) is 3.32. The van der Waals surface area contributed by atoms with E-state index in [4.69, 9.17) is 11.6 Å². The van der Waals surface area contributed by atoms with Gasteiger partial charge >= 0.3 is 0 Å². The molecule has 4 aromatic rings. The van der Waals surface area contributed by atoms with E-state index in [1.807, 2.05) is 6.07 Å². The van der Waals surface area contributed by atoms with E-state index in [1.165, 1.54) is 16.6 Å². The Hall–Kier alpha value is -2.97. The third kappa shape index (κ3) is 2.92. The van der Waals surface area contributed by atoms with Gasteiger partial charge in [0.05, 0.1) is 10.6 Å². The summed E-state index contributed by atoms with van der Waals surface area (Å²) in [6.07, 6.45) is 3.28. The number of hydrogen-bond donors (Lipinski definition) is 1. The van der Waals surface area contributed by atoms with Crippen molar-refractivity contribution in [3.8, 4) is 11.3 Å². The van der Waals surface area contributed by atoms with Crippen LogP contribution in [-0.4, -0.2) is 35.0 Å². The predicted molar refractivity (Wildman–Crippen MR) is 103 cm³/mol. The molecular formula is C18H14ClN5O2S. The molecule has 3 heterocycles. The molecule has 7 nitrogen and oxygen atoms in total. The smallest absolute Gasteiger partial charge is 0.214 e. The Bertz CT molecular complexity index is 1230. The molecule has 9 heteroatoms. The number of fused-ring (bicyclic) bond motifs is 1. The van der Waals surface area contributed by atoms with Gasteiger partial charge in [-0.25, -0.2) is 17.9 Å². The van der Waals surface area contributed by atoms with Crippen molar-refractivity contribution in [1.82, 2.24) is 19.6 Å². The highest BCUT2D eigenvalue weighted by molar-refractivity contribution is 7.91. The molecule has 136 valence electrons. The van der Waals surface area contributed by atoms with Crippen LogP contribution >= 0.6 is 11.6 Å². The van der Waals surface area contributed by atoms with Crippen molar-refractivity contribution in [1.29, 1.82) is 0 Å². The topological polar surface area (TPSA) is 89.2 Å². The second kappa shape index (κ2) is 6.64. The summed E-state index contributed by atoms with van der Waals surface area (Å²) < 4.78 is 27.8. The van der Waals surface area contributed by atoms with Crippen LogP contribution in [0.1, 0.15) is 0 Å². The third-order valence-corrected chi connectivity index (χ3v) is 6.10. The molecule has 0 bridgehead atoms. The Morgan fingerprint density at radius 2 is 1.89 bits per heavy atom. The summed E-state index contributed by atoms with van der Waals surface area (Å²) in [4.78, 5) is 8.73. The molecule has 0 radical (unpaired) electrons. The number of halogens is 1. The van der Waals surface area contributed by atoms with Crippen LogP contribution in [0.25, 0.3) is 16.9 Å². The Morgan fingerprint density at radius 3 is 2.56 bits per heavy atom. The van der Waals surface area contributed by atoms with E-state index in [9.17, 15) is 8.42 Å². The van der Waals surface area contributed by atoms with Gasteiger partial charge in [-0.05, 0) is 24.3 Å². The van der Waals surface area contributed by atoms with Gasteiger partial charge in [0, 0.05) is 31.1 Å². The molecule has 1 N–H and O–H groups in total. The van der Waals surface area contributed by atoms with Crippen molar-refractivity contribution in [2.75, 3.05) is 12.4 Å². The Morgan fingerprint density at radius 1 is 1.11 bits per heavy atom. The molecular weight excluding hydrogens is 386 g/mol. The van der Waals surface area contributed by atoms with Crippen molar-refractivity contribution >= 4 is 32.9 Å². The van der Waals surface area contributed by atoms with Crippen LogP contribution in [0.3, 0.4) is 0 Å². The zero-order valence-corrected chi connectivity index (χ0v) is 15.7. The maximum atomic E-state index is 13.3. The molecule has 0 atom stereocenters. The molecule has 0 unspecified atom stereocenters. The van der Waals surface area contributed by atoms with Gasteiger partial charge in [0.2, 0.25) is 9.84 Å². The number of pyridine rings is 1. The molecule has 0 saturated heterocycles. The van der Waals surface area contributed by atoms with E-state index in [-0.39, 0.29) is 26.4 Å². The fourth-order valence-corrected chi connectivity index (χ4v) is 4.50. The summed E-state index contributed by atoms with van der Waals surface area (Å²) in [5, 5.41) is 7.34. The largest absolute Gasteiger partial charge is 0.370 e. The van der Waals surface area contributed by atoms with Gasteiger partial charge in [-0.1, -0.05) is 29.8 Å². The average Bonchev–Trinajstić information content (AvgIpc) is 3.09. The first-order valence-electron chi connectivity index (χ1n) is 8.00. The van der Waals surface area contributed by atoms with E-state index in [0.717, 1.165) is 5.56 Å². The van der Waals surface area contributed by atoms with E-state index in [2.05, 4.69) is 20.4 Å². The summed E-state index contributed by atoms with van der Waals surface area (Å²) in [7, 11) is -2.26. The molecule has 1 aromatic carbocycles. The monoisotopic (exact) mass is 399 g/mol. The van der Waals surface area contributed by atoms with Gasteiger partial charge < -0.3 is 5.32 Å². The lowest BCUT2D eigenvalue weighted by Crippen LogP contribution is -2.05. The van der Waals surface area contributed by atoms with Gasteiger partial charge in [0.15, 0.2) is 16.4 Å². The Kier molecular flexibility index (Phi) is 4.29. The van der Waals surface area contributed by atoms with Crippen molar-refractivity contribution in [3.63, 3.8) is 0 Å². The second-order valence-electron chi connectivity index (χ2n) is 5.69. The number of sulfone groups is 1. The van der Waals surface area contributed by atoms with Gasteiger partial charge in [-0.2, -0.15) is 0 Å². The van der Waals surface area contributed by atoms with E-state index in [0.29, 0.717) is 5.69 Å². The maximum Gasteiger partial charge on any atom is 0.214 e. The highest BCUT2D eigenvalue weighted by atomic mass is 35.5. The summed E-state index contributed by atoms with van der Waals surface area (Å²) in [5.41, 5.74) is 1.37. The lowest BCUT2D eigenvalue weighted by molar-refractivity contribution is 0.597. The first-order chi connectivity index (χ1) is 13.0.